The number of hydrogen-bond donors (Lipinski definition) is 1. The second-order valence-corrected chi connectivity index (χ2v) is 10.7. The van der Waals surface area contributed by atoms with Crippen molar-refractivity contribution >= 4 is 86.7 Å². The van der Waals surface area contributed by atoms with Crippen LogP contribution >= 0.6 is 58.8 Å². The standard InChI is InChI=1S/C21H17Cl3N2O3S2/c1-12-3-7-15(8-4-12)26-18(28)17(31-20(26)30)11-14-5-9-16(10-6-14)29-19(21(22,23)24)25-13(2)27/h3-11,19H,1-2H3,(H,25,27). The summed E-state index contributed by atoms with van der Waals surface area (Å²) in [6.45, 7) is 3.27. The van der Waals surface area contributed by atoms with Crippen LogP contribution in [0.5, 0.6) is 5.75 Å². The Morgan fingerprint density at radius 2 is 1.77 bits per heavy atom. The van der Waals surface area contributed by atoms with E-state index in [0.29, 0.717) is 15.0 Å². The molecule has 1 unspecified atom stereocenters. The molecule has 1 saturated heterocycles. The van der Waals surface area contributed by atoms with Crippen molar-refractivity contribution in [1.29, 1.82) is 0 Å². The first-order valence-corrected chi connectivity index (χ1v) is 11.4. The molecule has 10 heteroatoms. The smallest absolute Gasteiger partial charge is 0.270 e. The average Bonchev–Trinajstić information content (AvgIpc) is 2.96. The molecule has 1 N–H and O–H groups in total. The fourth-order valence-electron chi connectivity index (χ4n) is 2.68. The van der Waals surface area contributed by atoms with Gasteiger partial charge in [0.25, 0.3) is 5.91 Å². The lowest BCUT2D eigenvalue weighted by Crippen LogP contribution is -2.47. The molecule has 0 aliphatic carbocycles. The molecule has 5 nitrogen and oxygen atoms in total. The molecule has 2 aromatic rings. The Kier molecular flexibility index (Phi) is 7.55. The minimum absolute atomic E-state index is 0.180. The van der Waals surface area contributed by atoms with E-state index in [0.717, 1.165) is 16.8 Å². The zero-order chi connectivity index (χ0) is 22.8. The number of aryl methyl sites for hydroxylation is 1. The number of thiocarbonyl (C=S) groups is 1. The van der Waals surface area contributed by atoms with Crippen molar-refractivity contribution < 1.29 is 14.3 Å². The zero-order valence-electron chi connectivity index (χ0n) is 16.4. The lowest BCUT2D eigenvalue weighted by atomic mass is 10.2. The summed E-state index contributed by atoms with van der Waals surface area (Å²) in [5, 5.41) is 2.44. The minimum Gasteiger partial charge on any atom is -0.466 e. The van der Waals surface area contributed by atoms with Crippen molar-refractivity contribution in [3.05, 3.63) is 64.6 Å². The van der Waals surface area contributed by atoms with Gasteiger partial charge in [-0.15, -0.1) is 0 Å². The monoisotopic (exact) mass is 514 g/mol. The van der Waals surface area contributed by atoms with Gasteiger partial charge in [-0.1, -0.05) is 88.6 Å². The van der Waals surface area contributed by atoms with Gasteiger partial charge in [-0.3, -0.25) is 14.5 Å². The normalized spacial score (nSPS) is 16.5. The van der Waals surface area contributed by atoms with Crippen molar-refractivity contribution in [1.82, 2.24) is 5.32 Å². The number of alkyl halides is 3. The van der Waals surface area contributed by atoms with Gasteiger partial charge < -0.3 is 10.1 Å². The highest BCUT2D eigenvalue weighted by Gasteiger charge is 2.36. The number of ether oxygens (including phenoxy) is 1. The maximum Gasteiger partial charge on any atom is 0.270 e. The molecule has 1 aliphatic rings. The van der Waals surface area contributed by atoms with E-state index >= 15 is 0 Å². The molecule has 1 aliphatic heterocycles. The maximum absolute atomic E-state index is 12.9. The summed E-state index contributed by atoms with van der Waals surface area (Å²) in [6, 6.07) is 14.4. The van der Waals surface area contributed by atoms with Crippen LogP contribution in [0.2, 0.25) is 0 Å². The summed E-state index contributed by atoms with van der Waals surface area (Å²) in [6.07, 6.45) is 0.587. The molecule has 1 atom stereocenters. The number of nitrogens with one attached hydrogen (secondary N) is 1. The number of benzene rings is 2. The first-order valence-electron chi connectivity index (χ1n) is 9.00. The van der Waals surface area contributed by atoms with E-state index in [1.54, 1.807) is 30.3 Å². The van der Waals surface area contributed by atoms with E-state index in [1.807, 2.05) is 31.2 Å². The molecule has 1 fully saturated rings. The number of amides is 2. The predicted octanol–water partition coefficient (Wildman–Crippen LogP) is 5.61. The van der Waals surface area contributed by atoms with Gasteiger partial charge in [-0.25, -0.2) is 0 Å². The third-order valence-electron chi connectivity index (χ3n) is 4.15. The van der Waals surface area contributed by atoms with Crippen LogP contribution in [0, 0.1) is 6.92 Å². The molecule has 162 valence electrons. The molecular weight excluding hydrogens is 499 g/mol. The van der Waals surface area contributed by atoms with Crippen LogP contribution in [-0.4, -0.2) is 26.2 Å². The molecule has 1 heterocycles. The summed E-state index contributed by atoms with van der Waals surface area (Å²) in [4.78, 5) is 26.2. The third-order valence-corrected chi connectivity index (χ3v) is 6.05. The third kappa shape index (κ3) is 6.14. The molecule has 3 rings (SSSR count). The van der Waals surface area contributed by atoms with Crippen molar-refractivity contribution in [3.63, 3.8) is 0 Å². The van der Waals surface area contributed by atoms with Crippen LogP contribution < -0.4 is 15.0 Å². The van der Waals surface area contributed by atoms with Gasteiger partial charge in [0.1, 0.15) is 5.75 Å². The van der Waals surface area contributed by atoms with Gasteiger partial charge in [0.15, 0.2) is 4.32 Å². The number of thioether (sulfide) groups is 1. The maximum atomic E-state index is 12.9. The number of rotatable bonds is 5. The van der Waals surface area contributed by atoms with E-state index in [1.165, 1.54) is 23.6 Å². The number of halogens is 3. The molecule has 31 heavy (non-hydrogen) atoms. The molecular formula is C21H17Cl3N2O3S2. The van der Waals surface area contributed by atoms with Crippen LogP contribution in [0.25, 0.3) is 6.08 Å². The summed E-state index contributed by atoms with van der Waals surface area (Å²) in [5.41, 5.74) is 2.60. The van der Waals surface area contributed by atoms with E-state index in [-0.39, 0.29) is 5.91 Å². The Morgan fingerprint density at radius 3 is 2.32 bits per heavy atom. The summed E-state index contributed by atoms with van der Waals surface area (Å²) in [7, 11) is 0. The first-order chi connectivity index (χ1) is 14.5. The fraction of sp³-hybridized carbons (Fsp3) is 0.190. The fourth-order valence-corrected chi connectivity index (χ4v) is 4.27. The highest BCUT2D eigenvalue weighted by atomic mass is 35.6. The lowest BCUT2D eigenvalue weighted by molar-refractivity contribution is -0.121. The Morgan fingerprint density at radius 1 is 1.16 bits per heavy atom. The summed E-state index contributed by atoms with van der Waals surface area (Å²) >= 11 is 24.2. The van der Waals surface area contributed by atoms with Gasteiger partial charge in [-0.2, -0.15) is 0 Å². The number of nitrogens with zero attached hydrogens (tertiary/aromatic N) is 1. The second-order valence-electron chi connectivity index (χ2n) is 6.66. The van der Waals surface area contributed by atoms with Crippen LogP contribution in [-0.2, 0) is 9.59 Å². The predicted molar refractivity (Wildman–Crippen MR) is 132 cm³/mol. The largest absolute Gasteiger partial charge is 0.466 e. The van der Waals surface area contributed by atoms with Crippen LogP contribution in [0.3, 0.4) is 0 Å². The average molecular weight is 516 g/mol. The molecule has 2 aromatic carbocycles. The number of carbonyl (C=O) groups excluding carboxylic acids is 2. The van der Waals surface area contributed by atoms with Gasteiger partial charge in [0, 0.05) is 6.92 Å². The Labute approximate surface area is 204 Å². The van der Waals surface area contributed by atoms with Gasteiger partial charge >= 0.3 is 0 Å². The summed E-state index contributed by atoms with van der Waals surface area (Å²) in [5.74, 6) is -0.195. The molecule has 0 aromatic heterocycles. The number of hydrogen-bond acceptors (Lipinski definition) is 5. The van der Waals surface area contributed by atoms with Gasteiger partial charge in [0.05, 0.1) is 10.6 Å². The van der Waals surface area contributed by atoms with E-state index in [4.69, 9.17) is 51.8 Å². The number of anilines is 1. The summed E-state index contributed by atoms with van der Waals surface area (Å²) < 4.78 is 4.21. The van der Waals surface area contributed by atoms with Gasteiger partial charge in [-0.05, 0) is 42.8 Å². The zero-order valence-corrected chi connectivity index (χ0v) is 20.3. The van der Waals surface area contributed by atoms with E-state index in [9.17, 15) is 9.59 Å². The van der Waals surface area contributed by atoms with Crippen LogP contribution in [0.4, 0.5) is 5.69 Å². The van der Waals surface area contributed by atoms with Crippen molar-refractivity contribution in [2.75, 3.05) is 4.90 Å². The number of carbonyl (C=O) groups is 2. The minimum atomic E-state index is -1.85. The van der Waals surface area contributed by atoms with Crippen LogP contribution in [0.1, 0.15) is 18.1 Å². The molecule has 0 saturated carbocycles. The Hall–Kier alpha value is -1.77. The van der Waals surface area contributed by atoms with Crippen molar-refractivity contribution in [3.8, 4) is 5.75 Å². The Bertz CT molecular complexity index is 1040. The highest BCUT2D eigenvalue weighted by molar-refractivity contribution is 8.27. The molecule has 0 spiro atoms. The molecule has 0 bridgehead atoms. The first kappa shape index (κ1) is 23.9. The Balaban J connectivity index is 1.75. The molecule has 2 amide bonds. The van der Waals surface area contributed by atoms with Crippen molar-refractivity contribution in [2.45, 2.75) is 23.9 Å². The van der Waals surface area contributed by atoms with Crippen LogP contribution in [0.15, 0.2) is 53.4 Å². The highest BCUT2D eigenvalue weighted by Crippen LogP contribution is 2.36. The van der Waals surface area contributed by atoms with E-state index in [2.05, 4.69) is 5.32 Å². The van der Waals surface area contributed by atoms with Gasteiger partial charge in [0.2, 0.25) is 15.9 Å². The van der Waals surface area contributed by atoms with E-state index < -0.39 is 15.9 Å². The quantitative estimate of drug-likeness (QED) is 0.243. The SMILES string of the molecule is CC(=O)NC(Oc1ccc(C=C2SC(=S)N(c3ccc(C)cc3)C2=O)cc1)C(Cl)(Cl)Cl. The second kappa shape index (κ2) is 9.79. The molecule has 0 radical (unpaired) electrons. The lowest BCUT2D eigenvalue weighted by Gasteiger charge is -2.25. The topological polar surface area (TPSA) is 58.6 Å². The van der Waals surface area contributed by atoms with Crippen molar-refractivity contribution in [2.24, 2.45) is 0 Å².